The molecule has 0 spiro atoms. The monoisotopic (exact) mass is 354 g/mol. The number of rotatable bonds is 4. The molecule has 2 saturated heterocycles. The third-order valence-electron chi connectivity index (χ3n) is 5.28. The van der Waals surface area contributed by atoms with E-state index in [-0.39, 0.29) is 18.2 Å². The molecule has 0 amide bonds. The molecule has 1 aromatic carbocycles. The summed E-state index contributed by atoms with van der Waals surface area (Å²) in [5.74, 6) is -1.35. The Morgan fingerprint density at radius 1 is 1.04 bits per heavy atom. The van der Waals surface area contributed by atoms with Crippen molar-refractivity contribution in [3.63, 3.8) is 0 Å². The van der Waals surface area contributed by atoms with Crippen molar-refractivity contribution in [1.29, 1.82) is 0 Å². The highest BCUT2D eigenvalue weighted by Crippen LogP contribution is 2.36. The van der Waals surface area contributed by atoms with E-state index < -0.39 is 30.0 Å². The van der Waals surface area contributed by atoms with Crippen LogP contribution in [-0.4, -0.2) is 37.6 Å². The van der Waals surface area contributed by atoms with Crippen LogP contribution in [0.1, 0.15) is 46.1 Å². The zero-order valence-electron chi connectivity index (χ0n) is 15.2. The minimum atomic E-state index is -1.06. The zero-order chi connectivity index (χ0) is 18.2. The summed E-state index contributed by atoms with van der Waals surface area (Å²) in [6, 6.07) is 2.59. The molecule has 2 aliphatic heterocycles. The maximum absolute atomic E-state index is 14.6. The SMILES string of the molecule is CC1(C)OB(c2c(F)cc(COC3CCOCC3)cc2F)OC1(C)C. The molecule has 1 aromatic rings. The third-order valence-corrected chi connectivity index (χ3v) is 5.28. The molecule has 25 heavy (non-hydrogen) atoms. The molecule has 0 aromatic heterocycles. The zero-order valence-corrected chi connectivity index (χ0v) is 15.2. The first-order chi connectivity index (χ1) is 11.7. The molecule has 0 N–H and O–H groups in total. The number of hydrogen-bond donors (Lipinski definition) is 0. The van der Waals surface area contributed by atoms with Crippen LogP contribution in [0.3, 0.4) is 0 Å². The Bertz CT molecular complexity index is 590. The van der Waals surface area contributed by atoms with E-state index in [1.54, 1.807) is 0 Å². The van der Waals surface area contributed by atoms with E-state index in [1.165, 1.54) is 12.1 Å². The van der Waals surface area contributed by atoms with Gasteiger partial charge >= 0.3 is 7.12 Å². The normalized spacial score (nSPS) is 23.2. The van der Waals surface area contributed by atoms with Crippen molar-refractivity contribution in [3.8, 4) is 0 Å². The van der Waals surface area contributed by atoms with E-state index >= 15 is 0 Å². The van der Waals surface area contributed by atoms with Gasteiger partial charge in [0, 0.05) is 13.2 Å². The second kappa shape index (κ2) is 6.95. The van der Waals surface area contributed by atoms with Crippen LogP contribution in [0, 0.1) is 11.6 Å². The summed E-state index contributed by atoms with van der Waals surface area (Å²) in [5.41, 5.74) is -1.03. The van der Waals surface area contributed by atoms with Gasteiger partial charge in [0.2, 0.25) is 0 Å². The Hall–Kier alpha value is -1.02. The first-order valence-corrected chi connectivity index (χ1v) is 8.72. The lowest BCUT2D eigenvalue weighted by Gasteiger charge is -2.32. The lowest BCUT2D eigenvalue weighted by Crippen LogP contribution is -2.41. The van der Waals surface area contributed by atoms with Gasteiger partial charge in [-0.15, -0.1) is 0 Å². The largest absolute Gasteiger partial charge is 0.500 e. The van der Waals surface area contributed by atoms with Gasteiger partial charge in [-0.25, -0.2) is 8.78 Å². The molecule has 0 atom stereocenters. The van der Waals surface area contributed by atoms with Crippen molar-refractivity contribution in [2.24, 2.45) is 0 Å². The van der Waals surface area contributed by atoms with Gasteiger partial charge in [-0.3, -0.25) is 0 Å². The van der Waals surface area contributed by atoms with Crippen LogP contribution in [0.4, 0.5) is 8.78 Å². The van der Waals surface area contributed by atoms with Gasteiger partial charge in [-0.05, 0) is 58.2 Å². The minimum absolute atomic E-state index is 0.0719. The van der Waals surface area contributed by atoms with Gasteiger partial charge in [0.05, 0.1) is 29.4 Å². The predicted octanol–water partition coefficient (Wildman–Crippen LogP) is 2.96. The average molecular weight is 354 g/mol. The van der Waals surface area contributed by atoms with Crippen LogP contribution < -0.4 is 5.46 Å². The maximum atomic E-state index is 14.6. The van der Waals surface area contributed by atoms with Crippen LogP contribution in [-0.2, 0) is 25.4 Å². The topological polar surface area (TPSA) is 36.9 Å². The first-order valence-electron chi connectivity index (χ1n) is 8.72. The summed E-state index contributed by atoms with van der Waals surface area (Å²) in [4.78, 5) is 0. The van der Waals surface area contributed by atoms with Crippen molar-refractivity contribution >= 4 is 12.6 Å². The molecular weight excluding hydrogens is 329 g/mol. The molecule has 0 radical (unpaired) electrons. The average Bonchev–Trinajstić information content (AvgIpc) is 2.73. The number of benzene rings is 1. The third kappa shape index (κ3) is 3.89. The standard InChI is InChI=1S/C18H25BF2O4/c1-17(2)18(3,4)25-19(24-17)16-14(20)9-12(10-15(16)21)11-23-13-5-7-22-8-6-13/h9-10,13H,5-8,11H2,1-4H3. The fourth-order valence-corrected chi connectivity index (χ4v) is 2.96. The highest BCUT2D eigenvalue weighted by Gasteiger charge is 2.53. The van der Waals surface area contributed by atoms with Crippen LogP contribution in [0.2, 0.25) is 0 Å². The van der Waals surface area contributed by atoms with Crippen LogP contribution >= 0.6 is 0 Å². The van der Waals surface area contributed by atoms with E-state index in [2.05, 4.69) is 0 Å². The summed E-state index contributed by atoms with van der Waals surface area (Å²) < 4.78 is 51.6. The van der Waals surface area contributed by atoms with Crippen LogP contribution in [0.15, 0.2) is 12.1 Å². The van der Waals surface area contributed by atoms with Gasteiger partial charge < -0.3 is 18.8 Å². The van der Waals surface area contributed by atoms with Crippen LogP contribution in [0.25, 0.3) is 0 Å². The van der Waals surface area contributed by atoms with E-state index in [4.69, 9.17) is 18.8 Å². The molecular formula is C18H25BF2O4. The molecule has 138 valence electrons. The fraction of sp³-hybridized carbons (Fsp3) is 0.667. The van der Waals surface area contributed by atoms with Gasteiger partial charge in [0.15, 0.2) is 0 Å². The Morgan fingerprint density at radius 2 is 1.56 bits per heavy atom. The maximum Gasteiger partial charge on any atom is 0.500 e. The number of halogens is 2. The molecule has 3 rings (SSSR count). The van der Waals surface area contributed by atoms with Crippen molar-refractivity contribution in [1.82, 2.24) is 0 Å². The van der Waals surface area contributed by atoms with Crippen molar-refractivity contribution in [3.05, 3.63) is 29.3 Å². The molecule has 0 bridgehead atoms. The van der Waals surface area contributed by atoms with Crippen LogP contribution in [0.5, 0.6) is 0 Å². The Labute approximate surface area is 147 Å². The Morgan fingerprint density at radius 3 is 2.08 bits per heavy atom. The Balaban J connectivity index is 1.72. The minimum Gasteiger partial charge on any atom is -0.399 e. The van der Waals surface area contributed by atoms with Gasteiger partial charge in [0.25, 0.3) is 0 Å². The lowest BCUT2D eigenvalue weighted by molar-refractivity contribution is -0.0391. The van der Waals surface area contributed by atoms with E-state index in [9.17, 15) is 8.78 Å². The molecule has 2 fully saturated rings. The lowest BCUT2D eigenvalue weighted by atomic mass is 9.77. The summed E-state index contributed by atoms with van der Waals surface area (Å²) >= 11 is 0. The summed E-state index contributed by atoms with van der Waals surface area (Å²) in [5, 5.41) is 0. The fourth-order valence-electron chi connectivity index (χ4n) is 2.96. The first kappa shape index (κ1) is 18.8. The highest BCUT2D eigenvalue weighted by molar-refractivity contribution is 6.62. The second-order valence-corrected chi connectivity index (χ2v) is 7.68. The van der Waals surface area contributed by atoms with E-state index in [0.29, 0.717) is 18.8 Å². The van der Waals surface area contributed by atoms with Gasteiger partial charge in [-0.2, -0.15) is 0 Å². The Kier molecular flexibility index (Phi) is 5.22. The molecule has 2 heterocycles. The summed E-state index contributed by atoms with van der Waals surface area (Å²) in [7, 11) is -1.06. The number of ether oxygens (including phenoxy) is 2. The van der Waals surface area contributed by atoms with E-state index in [1.807, 2.05) is 27.7 Å². The molecule has 0 saturated carbocycles. The summed E-state index contributed by atoms with van der Waals surface area (Å²) in [6.45, 7) is 8.88. The van der Waals surface area contributed by atoms with Crippen molar-refractivity contribution < 1.29 is 27.6 Å². The molecule has 0 aliphatic carbocycles. The smallest absolute Gasteiger partial charge is 0.399 e. The van der Waals surface area contributed by atoms with Crippen molar-refractivity contribution in [2.75, 3.05) is 13.2 Å². The second-order valence-electron chi connectivity index (χ2n) is 7.68. The van der Waals surface area contributed by atoms with Crippen molar-refractivity contribution in [2.45, 2.75) is 64.4 Å². The molecule has 4 nitrogen and oxygen atoms in total. The van der Waals surface area contributed by atoms with Gasteiger partial charge in [-0.1, -0.05) is 0 Å². The molecule has 0 unspecified atom stereocenters. The quantitative estimate of drug-likeness (QED) is 0.780. The number of hydrogen-bond acceptors (Lipinski definition) is 4. The molecule has 2 aliphatic rings. The van der Waals surface area contributed by atoms with Gasteiger partial charge in [0.1, 0.15) is 11.6 Å². The highest BCUT2D eigenvalue weighted by atomic mass is 19.1. The molecule has 7 heteroatoms. The summed E-state index contributed by atoms with van der Waals surface area (Å²) in [6.07, 6.45) is 1.68. The van der Waals surface area contributed by atoms with E-state index in [0.717, 1.165) is 12.8 Å². The predicted molar refractivity (Wildman–Crippen MR) is 90.7 cm³/mol.